The summed E-state index contributed by atoms with van der Waals surface area (Å²) in [6.07, 6.45) is 1.06. The summed E-state index contributed by atoms with van der Waals surface area (Å²) in [5, 5.41) is 6.61. The van der Waals surface area contributed by atoms with Crippen LogP contribution in [0.1, 0.15) is 31.4 Å². The molecule has 3 heteroatoms. The Hall–Kier alpha value is -0.930. The van der Waals surface area contributed by atoms with Crippen LogP contribution in [0.3, 0.4) is 0 Å². The summed E-state index contributed by atoms with van der Waals surface area (Å²) >= 11 is 0. The van der Waals surface area contributed by atoms with Gasteiger partial charge in [-0.3, -0.25) is 0 Å². The number of hydrogen-bond acceptors (Lipinski definition) is 2. The second-order valence-corrected chi connectivity index (χ2v) is 4.73. The predicted molar refractivity (Wildman–Crippen MR) is 70.6 cm³/mol. The Balaban J connectivity index is 2.20. The summed E-state index contributed by atoms with van der Waals surface area (Å²) in [7, 11) is 0. The average molecular weight is 238 g/mol. The lowest BCUT2D eigenvalue weighted by Crippen LogP contribution is -2.26. The number of aryl methyl sites for hydroxylation is 1. The molecule has 0 unspecified atom stereocenters. The quantitative estimate of drug-likeness (QED) is 0.714. The molecule has 2 nitrogen and oxygen atoms in total. The Morgan fingerprint density at radius 1 is 1.24 bits per heavy atom. The third-order valence-electron chi connectivity index (χ3n) is 2.60. The fourth-order valence-electron chi connectivity index (χ4n) is 1.67. The minimum Gasteiger partial charge on any atom is -0.314 e. The van der Waals surface area contributed by atoms with Crippen LogP contribution >= 0.6 is 0 Å². The molecule has 1 aromatic rings. The van der Waals surface area contributed by atoms with Gasteiger partial charge in [0.25, 0.3) is 0 Å². The molecule has 1 rings (SSSR count). The van der Waals surface area contributed by atoms with E-state index in [0.29, 0.717) is 12.6 Å². The van der Waals surface area contributed by atoms with E-state index in [4.69, 9.17) is 0 Å². The highest BCUT2D eigenvalue weighted by atomic mass is 19.1. The summed E-state index contributed by atoms with van der Waals surface area (Å²) in [5.41, 5.74) is 1.85. The van der Waals surface area contributed by atoms with Gasteiger partial charge in [-0.15, -0.1) is 0 Å². The molecular formula is C14H23FN2. The van der Waals surface area contributed by atoms with Crippen LogP contribution in [-0.4, -0.2) is 19.1 Å². The van der Waals surface area contributed by atoms with Gasteiger partial charge >= 0.3 is 0 Å². The van der Waals surface area contributed by atoms with Crippen LogP contribution < -0.4 is 10.6 Å². The van der Waals surface area contributed by atoms with E-state index >= 15 is 0 Å². The Morgan fingerprint density at radius 3 is 2.71 bits per heavy atom. The first-order chi connectivity index (χ1) is 8.09. The zero-order valence-corrected chi connectivity index (χ0v) is 11.0. The zero-order chi connectivity index (χ0) is 12.7. The minimum atomic E-state index is -0.122. The van der Waals surface area contributed by atoms with E-state index in [1.165, 1.54) is 6.07 Å². The molecule has 0 aliphatic rings. The Morgan fingerprint density at radius 2 is 2.00 bits per heavy atom. The van der Waals surface area contributed by atoms with Crippen molar-refractivity contribution < 1.29 is 4.39 Å². The predicted octanol–water partition coefficient (Wildman–Crippen LogP) is 2.61. The topological polar surface area (TPSA) is 24.1 Å². The maximum absolute atomic E-state index is 13.4. The van der Waals surface area contributed by atoms with E-state index < -0.39 is 0 Å². The number of nitrogens with one attached hydrogen (secondary N) is 2. The summed E-state index contributed by atoms with van der Waals surface area (Å²) < 4.78 is 13.4. The molecule has 0 spiro atoms. The molecule has 0 bridgehead atoms. The van der Waals surface area contributed by atoms with E-state index in [0.717, 1.165) is 30.6 Å². The van der Waals surface area contributed by atoms with Gasteiger partial charge in [-0.2, -0.15) is 0 Å². The van der Waals surface area contributed by atoms with Gasteiger partial charge in [-0.05, 0) is 32.5 Å². The van der Waals surface area contributed by atoms with Crippen molar-refractivity contribution in [2.75, 3.05) is 13.1 Å². The molecule has 0 saturated carbocycles. The van der Waals surface area contributed by atoms with Crippen molar-refractivity contribution in [1.29, 1.82) is 0 Å². The molecule has 2 N–H and O–H groups in total. The standard InChI is InChI=1S/C14H23FN2/c1-11(2)17-8-4-7-16-10-13-9-12(3)5-6-14(13)15/h5-6,9,11,16-17H,4,7-8,10H2,1-3H3. The van der Waals surface area contributed by atoms with Gasteiger partial charge in [0.15, 0.2) is 0 Å². The second kappa shape index (κ2) is 7.41. The highest BCUT2D eigenvalue weighted by molar-refractivity contribution is 5.23. The molecule has 0 aliphatic carbocycles. The van der Waals surface area contributed by atoms with Gasteiger partial charge < -0.3 is 10.6 Å². The van der Waals surface area contributed by atoms with Gasteiger partial charge in [-0.1, -0.05) is 31.5 Å². The summed E-state index contributed by atoms with van der Waals surface area (Å²) in [6.45, 7) is 8.77. The molecule has 0 amide bonds. The number of benzene rings is 1. The molecular weight excluding hydrogens is 215 g/mol. The van der Waals surface area contributed by atoms with Gasteiger partial charge in [0, 0.05) is 18.2 Å². The molecule has 0 fully saturated rings. The first-order valence-electron chi connectivity index (χ1n) is 6.28. The summed E-state index contributed by atoms with van der Waals surface area (Å²) in [4.78, 5) is 0. The molecule has 96 valence electrons. The second-order valence-electron chi connectivity index (χ2n) is 4.73. The Bertz CT molecular complexity index is 337. The van der Waals surface area contributed by atoms with Crippen LogP contribution in [0.2, 0.25) is 0 Å². The lowest BCUT2D eigenvalue weighted by molar-refractivity contribution is 0.539. The average Bonchev–Trinajstić information content (AvgIpc) is 2.27. The van der Waals surface area contributed by atoms with E-state index in [-0.39, 0.29) is 5.82 Å². The SMILES string of the molecule is Cc1ccc(F)c(CNCCCNC(C)C)c1. The molecule has 1 aromatic carbocycles. The van der Waals surface area contributed by atoms with E-state index in [9.17, 15) is 4.39 Å². The maximum atomic E-state index is 13.4. The molecule has 0 aromatic heterocycles. The van der Waals surface area contributed by atoms with Crippen molar-refractivity contribution in [2.24, 2.45) is 0 Å². The van der Waals surface area contributed by atoms with Crippen molar-refractivity contribution in [3.05, 3.63) is 35.1 Å². The van der Waals surface area contributed by atoms with Crippen LogP contribution in [0.25, 0.3) is 0 Å². The van der Waals surface area contributed by atoms with Crippen molar-refractivity contribution in [3.8, 4) is 0 Å². The first-order valence-corrected chi connectivity index (χ1v) is 6.28. The Kier molecular flexibility index (Phi) is 6.16. The van der Waals surface area contributed by atoms with Gasteiger partial charge in [0.1, 0.15) is 5.82 Å². The molecule has 0 saturated heterocycles. The fourth-order valence-corrected chi connectivity index (χ4v) is 1.67. The van der Waals surface area contributed by atoms with Crippen LogP contribution in [-0.2, 0) is 6.54 Å². The van der Waals surface area contributed by atoms with Gasteiger partial charge in [-0.25, -0.2) is 4.39 Å². The highest BCUT2D eigenvalue weighted by Crippen LogP contribution is 2.09. The smallest absolute Gasteiger partial charge is 0.127 e. The number of halogens is 1. The first kappa shape index (κ1) is 14.1. The van der Waals surface area contributed by atoms with Crippen molar-refractivity contribution in [2.45, 2.75) is 39.8 Å². The monoisotopic (exact) mass is 238 g/mol. The van der Waals surface area contributed by atoms with Crippen LogP contribution in [0.4, 0.5) is 4.39 Å². The van der Waals surface area contributed by atoms with Crippen LogP contribution in [0, 0.1) is 12.7 Å². The Labute approximate surface area is 104 Å². The normalized spacial score (nSPS) is 11.1. The number of hydrogen-bond donors (Lipinski definition) is 2. The van der Waals surface area contributed by atoms with E-state index in [1.807, 2.05) is 13.0 Å². The zero-order valence-electron chi connectivity index (χ0n) is 11.0. The molecule has 0 heterocycles. The molecule has 0 aliphatic heterocycles. The van der Waals surface area contributed by atoms with Crippen molar-refractivity contribution >= 4 is 0 Å². The van der Waals surface area contributed by atoms with Crippen molar-refractivity contribution in [1.82, 2.24) is 10.6 Å². The van der Waals surface area contributed by atoms with Gasteiger partial charge in [0.05, 0.1) is 0 Å². The van der Waals surface area contributed by atoms with E-state index in [2.05, 4.69) is 24.5 Å². The number of rotatable bonds is 7. The summed E-state index contributed by atoms with van der Waals surface area (Å²) in [6, 6.07) is 5.76. The third-order valence-corrected chi connectivity index (χ3v) is 2.60. The molecule has 17 heavy (non-hydrogen) atoms. The summed E-state index contributed by atoms with van der Waals surface area (Å²) in [5.74, 6) is -0.122. The van der Waals surface area contributed by atoms with Crippen LogP contribution in [0.15, 0.2) is 18.2 Å². The largest absolute Gasteiger partial charge is 0.314 e. The maximum Gasteiger partial charge on any atom is 0.127 e. The van der Waals surface area contributed by atoms with Crippen molar-refractivity contribution in [3.63, 3.8) is 0 Å². The highest BCUT2D eigenvalue weighted by Gasteiger charge is 2.01. The van der Waals surface area contributed by atoms with Gasteiger partial charge in [0.2, 0.25) is 0 Å². The molecule has 0 atom stereocenters. The lowest BCUT2D eigenvalue weighted by Gasteiger charge is -2.09. The van der Waals surface area contributed by atoms with Crippen LogP contribution in [0.5, 0.6) is 0 Å². The van der Waals surface area contributed by atoms with E-state index in [1.54, 1.807) is 6.07 Å². The lowest BCUT2D eigenvalue weighted by atomic mass is 10.1. The third kappa shape index (κ3) is 5.80. The fraction of sp³-hybridized carbons (Fsp3) is 0.571. The minimum absolute atomic E-state index is 0.122. The molecule has 0 radical (unpaired) electrons.